The minimum absolute atomic E-state index is 0.113. The number of nitrogens with one attached hydrogen (secondary N) is 1. The van der Waals surface area contributed by atoms with Crippen molar-refractivity contribution in [3.8, 4) is 0 Å². The maximum absolute atomic E-state index is 6.07. The number of ether oxygens (including phenoxy) is 1. The first-order chi connectivity index (χ1) is 12.7. The van der Waals surface area contributed by atoms with Crippen LogP contribution in [-0.4, -0.2) is 52.3 Å². The summed E-state index contributed by atoms with van der Waals surface area (Å²) in [5.74, 6) is 2.01. The molecule has 4 atom stereocenters. The lowest BCUT2D eigenvalue weighted by molar-refractivity contribution is 0.0743. The number of rotatable bonds is 5. The molecule has 1 aliphatic carbocycles. The van der Waals surface area contributed by atoms with E-state index in [9.17, 15) is 0 Å². The van der Waals surface area contributed by atoms with Crippen molar-refractivity contribution in [3.63, 3.8) is 0 Å². The maximum atomic E-state index is 6.07. The summed E-state index contributed by atoms with van der Waals surface area (Å²) < 4.78 is 8.29. The quantitative estimate of drug-likeness (QED) is 0.874. The monoisotopic (exact) mass is 360 g/mol. The number of aryl methyl sites for hydroxylation is 1. The van der Waals surface area contributed by atoms with E-state index >= 15 is 0 Å². The summed E-state index contributed by atoms with van der Waals surface area (Å²) in [4.78, 5) is 7.36. The van der Waals surface area contributed by atoms with Crippen LogP contribution in [0.1, 0.15) is 70.7 Å². The van der Waals surface area contributed by atoms with Crippen molar-refractivity contribution in [1.29, 1.82) is 0 Å². The molecule has 1 N–H and O–H groups in total. The average Bonchev–Trinajstić information content (AvgIpc) is 3.30. The Morgan fingerprint density at radius 3 is 2.81 bits per heavy atom. The maximum Gasteiger partial charge on any atom is 0.139 e. The molecule has 3 aliphatic rings. The van der Waals surface area contributed by atoms with Gasteiger partial charge in [-0.3, -0.25) is 0 Å². The van der Waals surface area contributed by atoms with Crippen LogP contribution in [0.2, 0.25) is 0 Å². The molecule has 0 amide bonds. The van der Waals surface area contributed by atoms with Gasteiger partial charge in [-0.05, 0) is 58.0 Å². The normalized spacial score (nSPS) is 34.4. The molecule has 0 bridgehead atoms. The van der Waals surface area contributed by atoms with Crippen LogP contribution in [0.3, 0.4) is 0 Å². The summed E-state index contributed by atoms with van der Waals surface area (Å²) in [6.45, 7) is 8.93. The van der Waals surface area contributed by atoms with E-state index in [0.717, 1.165) is 37.4 Å². The van der Waals surface area contributed by atoms with E-state index in [1.807, 2.05) is 6.20 Å². The predicted octanol–water partition coefficient (Wildman–Crippen LogP) is 3.37. The van der Waals surface area contributed by atoms with E-state index < -0.39 is 0 Å². The van der Waals surface area contributed by atoms with Crippen molar-refractivity contribution in [1.82, 2.24) is 19.8 Å². The molecule has 0 aromatic carbocycles. The molecule has 3 fully saturated rings. The van der Waals surface area contributed by atoms with Crippen LogP contribution < -0.4 is 5.32 Å². The summed E-state index contributed by atoms with van der Waals surface area (Å²) in [6, 6.07) is 1.89. The summed E-state index contributed by atoms with van der Waals surface area (Å²) in [7, 11) is 0. The Morgan fingerprint density at radius 2 is 2.04 bits per heavy atom. The number of hydrogen-bond donors (Lipinski definition) is 1. The fourth-order valence-corrected chi connectivity index (χ4v) is 5.33. The first kappa shape index (κ1) is 18.5. The fraction of sp³-hybridized carbons (Fsp3) is 0.857. The molecule has 0 spiro atoms. The molecule has 0 unspecified atom stereocenters. The Bertz CT molecular complexity index is 566. The van der Waals surface area contributed by atoms with Gasteiger partial charge in [0.15, 0.2) is 0 Å². The van der Waals surface area contributed by atoms with Crippen LogP contribution >= 0.6 is 0 Å². The minimum atomic E-state index is 0.113. The molecule has 2 aliphatic heterocycles. The van der Waals surface area contributed by atoms with E-state index in [4.69, 9.17) is 4.74 Å². The van der Waals surface area contributed by atoms with E-state index in [1.54, 1.807) is 0 Å². The van der Waals surface area contributed by atoms with Gasteiger partial charge in [0.1, 0.15) is 11.9 Å². The van der Waals surface area contributed by atoms with Crippen LogP contribution in [0.15, 0.2) is 12.4 Å². The number of imidazole rings is 1. The number of nitrogens with zero attached hydrogens (tertiary/aromatic N) is 3. The second-order valence-corrected chi connectivity index (χ2v) is 8.66. The highest BCUT2D eigenvalue weighted by Gasteiger charge is 2.35. The third kappa shape index (κ3) is 4.00. The van der Waals surface area contributed by atoms with Gasteiger partial charge in [-0.25, -0.2) is 4.98 Å². The van der Waals surface area contributed by atoms with Crippen LogP contribution in [0.25, 0.3) is 0 Å². The fourth-order valence-electron chi connectivity index (χ4n) is 5.33. The zero-order valence-electron chi connectivity index (χ0n) is 16.6. The number of hydrogen-bond acceptors (Lipinski definition) is 4. The smallest absolute Gasteiger partial charge is 0.139 e. The SMILES string of the molecule is CCn1ccnc1[C@H]1OCC[C@@H]1NC1CCN([C@@H]2CCC[C@@H](C)C2)CC1. The van der Waals surface area contributed by atoms with E-state index in [1.165, 1.54) is 51.6 Å². The molecule has 146 valence electrons. The Hall–Kier alpha value is -0.910. The van der Waals surface area contributed by atoms with Gasteiger partial charge < -0.3 is 19.5 Å². The molecular weight excluding hydrogens is 324 g/mol. The van der Waals surface area contributed by atoms with Crippen LogP contribution in [0.4, 0.5) is 0 Å². The summed E-state index contributed by atoms with van der Waals surface area (Å²) in [6.07, 6.45) is 13.4. The van der Waals surface area contributed by atoms with Crippen molar-refractivity contribution in [2.45, 2.75) is 89.6 Å². The van der Waals surface area contributed by atoms with Gasteiger partial charge in [0, 0.05) is 43.7 Å². The molecular formula is C21H36N4O. The highest BCUT2D eigenvalue weighted by Crippen LogP contribution is 2.31. The highest BCUT2D eigenvalue weighted by molar-refractivity contribution is 5.04. The lowest BCUT2D eigenvalue weighted by atomic mass is 9.85. The first-order valence-corrected chi connectivity index (χ1v) is 10.9. The predicted molar refractivity (Wildman–Crippen MR) is 104 cm³/mol. The van der Waals surface area contributed by atoms with E-state index in [0.29, 0.717) is 12.1 Å². The molecule has 4 rings (SSSR count). The second kappa shape index (κ2) is 8.41. The highest BCUT2D eigenvalue weighted by atomic mass is 16.5. The van der Waals surface area contributed by atoms with Gasteiger partial charge >= 0.3 is 0 Å². The summed E-state index contributed by atoms with van der Waals surface area (Å²) in [5, 5.41) is 3.93. The van der Waals surface area contributed by atoms with Gasteiger partial charge in [-0.1, -0.05) is 19.8 Å². The Morgan fingerprint density at radius 1 is 1.19 bits per heavy atom. The van der Waals surface area contributed by atoms with E-state index in [-0.39, 0.29) is 6.10 Å². The Kier molecular flexibility index (Phi) is 5.97. The minimum Gasteiger partial charge on any atom is -0.369 e. The molecule has 26 heavy (non-hydrogen) atoms. The Labute approximate surface area is 158 Å². The van der Waals surface area contributed by atoms with Gasteiger partial charge in [-0.2, -0.15) is 0 Å². The van der Waals surface area contributed by atoms with Gasteiger partial charge in [0.25, 0.3) is 0 Å². The van der Waals surface area contributed by atoms with Crippen LogP contribution in [0.5, 0.6) is 0 Å². The lowest BCUT2D eigenvalue weighted by Crippen LogP contribution is -2.50. The molecule has 2 saturated heterocycles. The number of likely N-dealkylation sites (tertiary alicyclic amines) is 1. The molecule has 0 radical (unpaired) electrons. The van der Waals surface area contributed by atoms with Gasteiger partial charge in [-0.15, -0.1) is 0 Å². The Balaban J connectivity index is 1.30. The zero-order valence-corrected chi connectivity index (χ0v) is 16.6. The van der Waals surface area contributed by atoms with Gasteiger partial charge in [0.05, 0.1) is 0 Å². The zero-order chi connectivity index (χ0) is 17.9. The molecule has 5 heteroatoms. The standard InChI is InChI=1S/C21H36N4O/c1-3-24-13-10-22-21(24)20-19(9-14-26-20)23-17-7-11-25(12-8-17)18-6-4-5-16(2)15-18/h10,13,16-20,23H,3-9,11-12,14-15H2,1-2H3/t16-,18-,19+,20+/m1/s1. The average molecular weight is 361 g/mol. The molecule has 3 heterocycles. The lowest BCUT2D eigenvalue weighted by Gasteiger charge is -2.41. The third-order valence-electron chi connectivity index (χ3n) is 6.84. The van der Waals surface area contributed by atoms with Crippen LogP contribution in [-0.2, 0) is 11.3 Å². The molecule has 5 nitrogen and oxygen atoms in total. The molecule has 1 saturated carbocycles. The molecule has 1 aromatic rings. The van der Waals surface area contributed by atoms with Gasteiger partial charge in [0.2, 0.25) is 0 Å². The van der Waals surface area contributed by atoms with E-state index in [2.05, 4.69) is 39.8 Å². The van der Waals surface area contributed by atoms with Crippen molar-refractivity contribution < 1.29 is 4.74 Å². The van der Waals surface area contributed by atoms with Crippen LogP contribution in [0, 0.1) is 5.92 Å². The second-order valence-electron chi connectivity index (χ2n) is 8.66. The first-order valence-electron chi connectivity index (χ1n) is 10.9. The number of aromatic nitrogens is 2. The van der Waals surface area contributed by atoms with Crippen molar-refractivity contribution >= 4 is 0 Å². The van der Waals surface area contributed by atoms with Crippen molar-refractivity contribution in [2.75, 3.05) is 19.7 Å². The number of piperidine rings is 1. The van der Waals surface area contributed by atoms with Crippen molar-refractivity contribution in [2.24, 2.45) is 5.92 Å². The topological polar surface area (TPSA) is 42.3 Å². The molecule has 1 aromatic heterocycles. The summed E-state index contributed by atoms with van der Waals surface area (Å²) in [5.41, 5.74) is 0. The van der Waals surface area contributed by atoms with Crippen molar-refractivity contribution in [3.05, 3.63) is 18.2 Å². The largest absolute Gasteiger partial charge is 0.369 e. The summed E-state index contributed by atoms with van der Waals surface area (Å²) >= 11 is 0. The third-order valence-corrected chi connectivity index (χ3v) is 6.84.